The first-order chi connectivity index (χ1) is 8.06. The number of benzene rings is 2. The van der Waals surface area contributed by atoms with Gasteiger partial charge in [0.15, 0.2) is 0 Å². The summed E-state index contributed by atoms with van der Waals surface area (Å²) in [5, 5.41) is 4.74. The predicted octanol–water partition coefficient (Wildman–Crippen LogP) is 5.35. The van der Waals surface area contributed by atoms with Crippen molar-refractivity contribution in [2.75, 3.05) is 5.32 Å². The van der Waals surface area contributed by atoms with Crippen molar-refractivity contribution in [2.45, 2.75) is 13.8 Å². The summed E-state index contributed by atoms with van der Waals surface area (Å²) in [6.45, 7) is 4.03. The molecule has 0 aliphatic heterocycles. The van der Waals surface area contributed by atoms with Crippen LogP contribution in [0.1, 0.15) is 11.1 Å². The van der Waals surface area contributed by atoms with Crippen LogP contribution in [0.25, 0.3) is 0 Å². The summed E-state index contributed by atoms with van der Waals surface area (Å²) >= 11 is 12.2. The van der Waals surface area contributed by atoms with Crippen LogP contribution in [-0.2, 0) is 0 Å². The summed E-state index contributed by atoms with van der Waals surface area (Å²) < 4.78 is 0. The Hall–Kier alpha value is -1.18. The molecular formula is C14H13Cl2N. The minimum atomic E-state index is 0.711. The second-order valence-electron chi connectivity index (χ2n) is 4.07. The molecule has 0 bridgehead atoms. The third-order valence-electron chi connectivity index (χ3n) is 2.53. The fourth-order valence-electron chi connectivity index (χ4n) is 1.74. The highest BCUT2D eigenvalue weighted by molar-refractivity contribution is 6.33. The third kappa shape index (κ3) is 2.93. The maximum Gasteiger partial charge on any atom is 0.0643 e. The van der Waals surface area contributed by atoms with Crippen molar-refractivity contribution in [2.24, 2.45) is 0 Å². The Balaban J connectivity index is 2.38. The molecule has 0 aromatic heterocycles. The molecule has 2 aromatic rings. The molecule has 17 heavy (non-hydrogen) atoms. The minimum absolute atomic E-state index is 0.711. The molecular weight excluding hydrogens is 253 g/mol. The van der Waals surface area contributed by atoms with Gasteiger partial charge in [-0.1, -0.05) is 35.3 Å². The van der Waals surface area contributed by atoms with Crippen LogP contribution in [0, 0.1) is 13.8 Å². The molecule has 0 saturated carbocycles. The first-order valence-corrected chi connectivity index (χ1v) is 6.11. The molecule has 88 valence electrons. The van der Waals surface area contributed by atoms with Gasteiger partial charge in [-0.05, 0) is 49.2 Å². The SMILES string of the molecule is Cc1cc(Cl)cc(Nc2c(C)cccc2Cl)c1. The first kappa shape index (κ1) is 12.3. The molecule has 2 aromatic carbocycles. The molecule has 0 amide bonds. The Morgan fingerprint density at radius 3 is 2.41 bits per heavy atom. The van der Waals surface area contributed by atoms with E-state index in [1.807, 2.05) is 50.2 Å². The van der Waals surface area contributed by atoms with E-state index in [0.717, 1.165) is 27.5 Å². The monoisotopic (exact) mass is 265 g/mol. The second kappa shape index (κ2) is 4.99. The minimum Gasteiger partial charge on any atom is -0.354 e. The van der Waals surface area contributed by atoms with E-state index in [-0.39, 0.29) is 0 Å². The number of halogens is 2. The standard InChI is InChI=1S/C14H13Cl2N/c1-9-6-11(15)8-12(7-9)17-14-10(2)4-3-5-13(14)16/h3-8,17H,1-2H3. The molecule has 3 heteroatoms. The van der Waals surface area contributed by atoms with Crippen molar-refractivity contribution in [3.05, 3.63) is 57.6 Å². The summed E-state index contributed by atoms with van der Waals surface area (Å²) in [6.07, 6.45) is 0. The Labute approximate surface area is 111 Å². The topological polar surface area (TPSA) is 12.0 Å². The van der Waals surface area contributed by atoms with E-state index in [9.17, 15) is 0 Å². The quantitative estimate of drug-likeness (QED) is 0.772. The zero-order valence-corrected chi connectivity index (χ0v) is 11.2. The van der Waals surface area contributed by atoms with Crippen LogP contribution >= 0.6 is 23.2 Å². The van der Waals surface area contributed by atoms with Crippen LogP contribution in [0.5, 0.6) is 0 Å². The molecule has 0 radical (unpaired) electrons. The molecule has 0 spiro atoms. The lowest BCUT2D eigenvalue weighted by atomic mass is 10.1. The molecule has 0 fully saturated rings. The average molecular weight is 266 g/mol. The lowest BCUT2D eigenvalue weighted by Crippen LogP contribution is -1.94. The van der Waals surface area contributed by atoms with Crippen molar-refractivity contribution < 1.29 is 0 Å². The van der Waals surface area contributed by atoms with Crippen molar-refractivity contribution in [3.63, 3.8) is 0 Å². The molecule has 1 nitrogen and oxygen atoms in total. The maximum atomic E-state index is 6.16. The number of nitrogens with one attached hydrogen (secondary N) is 1. The average Bonchev–Trinajstić information content (AvgIpc) is 2.22. The van der Waals surface area contributed by atoms with E-state index in [2.05, 4.69) is 5.32 Å². The molecule has 1 N–H and O–H groups in total. The zero-order valence-electron chi connectivity index (χ0n) is 9.72. The van der Waals surface area contributed by atoms with Crippen LogP contribution in [0.15, 0.2) is 36.4 Å². The summed E-state index contributed by atoms with van der Waals surface area (Å²) in [5.41, 5.74) is 4.10. The molecule has 0 unspecified atom stereocenters. The van der Waals surface area contributed by atoms with Crippen LogP contribution < -0.4 is 5.32 Å². The van der Waals surface area contributed by atoms with Gasteiger partial charge in [0.1, 0.15) is 0 Å². The number of para-hydroxylation sites is 1. The van der Waals surface area contributed by atoms with Gasteiger partial charge in [-0.25, -0.2) is 0 Å². The van der Waals surface area contributed by atoms with Gasteiger partial charge in [0, 0.05) is 10.7 Å². The highest BCUT2D eigenvalue weighted by atomic mass is 35.5. The second-order valence-corrected chi connectivity index (χ2v) is 4.92. The van der Waals surface area contributed by atoms with Crippen LogP contribution in [0.2, 0.25) is 10.0 Å². The van der Waals surface area contributed by atoms with Crippen molar-refractivity contribution in [3.8, 4) is 0 Å². The Morgan fingerprint density at radius 2 is 1.76 bits per heavy atom. The Kier molecular flexibility index (Phi) is 3.60. The van der Waals surface area contributed by atoms with Crippen LogP contribution in [-0.4, -0.2) is 0 Å². The Bertz CT molecular complexity index is 509. The third-order valence-corrected chi connectivity index (χ3v) is 3.07. The van der Waals surface area contributed by atoms with E-state index >= 15 is 0 Å². The van der Waals surface area contributed by atoms with Gasteiger partial charge < -0.3 is 5.32 Å². The van der Waals surface area contributed by atoms with Gasteiger partial charge in [0.2, 0.25) is 0 Å². The van der Waals surface area contributed by atoms with Crippen LogP contribution in [0.3, 0.4) is 0 Å². The fourth-order valence-corrected chi connectivity index (χ4v) is 2.30. The lowest BCUT2D eigenvalue weighted by Gasteiger charge is -2.12. The number of hydrogen-bond acceptors (Lipinski definition) is 1. The van der Waals surface area contributed by atoms with E-state index in [1.165, 1.54) is 0 Å². The summed E-state index contributed by atoms with van der Waals surface area (Å²) in [5.74, 6) is 0. The van der Waals surface area contributed by atoms with Crippen molar-refractivity contribution >= 4 is 34.6 Å². The number of rotatable bonds is 2. The van der Waals surface area contributed by atoms with Gasteiger partial charge in [-0.2, -0.15) is 0 Å². The van der Waals surface area contributed by atoms with Crippen LogP contribution in [0.4, 0.5) is 11.4 Å². The zero-order chi connectivity index (χ0) is 12.4. The summed E-state index contributed by atoms with van der Waals surface area (Å²) in [7, 11) is 0. The summed E-state index contributed by atoms with van der Waals surface area (Å²) in [6, 6.07) is 11.7. The van der Waals surface area contributed by atoms with Gasteiger partial charge in [-0.3, -0.25) is 0 Å². The van der Waals surface area contributed by atoms with E-state index < -0.39 is 0 Å². The van der Waals surface area contributed by atoms with Gasteiger partial charge in [-0.15, -0.1) is 0 Å². The molecule has 0 aliphatic rings. The van der Waals surface area contributed by atoms with Crippen molar-refractivity contribution in [1.82, 2.24) is 0 Å². The first-order valence-electron chi connectivity index (χ1n) is 5.35. The largest absolute Gasteiger partial charge is 0.354 e. The van der Waals surface area contributed by atoms with E-state index in [1.54, 1.807) is 0 Å². The maximum absolute atomic E-state index is 6.16. The molecule has 2 rings (SSSR count). The van der Waals surface area contributed by atoms with Crippen molar-refractivity contribution in [1.29, 1.82) is 0 Å². The number of hydrogen-bond donors (Lipinski definition) is 1. The Morgan fingerprint density at radius 1 is 1.00 bits per heavy atom. The highest BCUT2D eigenvalue weighted by Gasteiger charge is 2.04. The predicted molar refractivity (Wildman–Crippen MR) is 75.7 cm³/mol. The fraction of sp³-hybridized carbons (Fsp3) is 0.143. The number of anilines is 2. The summed E-state index contributed by atoms with van der Waals surface area (Å²) in [4.78, 5) is 0. The van der Waals surface area contributed by atoms with Gasteiger partial charge in [0.25, 0.3) is 0 Å². The number of aryl methyl sites for hydroxylation is 2. The smallest absolute Gasteiger partial charge is 0.0643 e. The molecule has 0 atom stereocenters. The van der Waals surface area contributed by atoms with Gasteiger partial charge >= 0.3 is 0 Å². The molecule has 0 aliphatic carbocycles. The normalized spacial score (nSPS) is 10.4. The molecule has 0 saturated heterocycles. The highest BCUT2D eigenvalue weighted by Crippen LogP contribution is 2.30. The van der Waals surface area contributed by atoms with E-state index in [4.69, 9.17) is 23.2 Å². The van der Waals surface area contributed by atoms with E-state index in [0.29, 0.717) is 5.02 Å². The van der Waals surface area contributed by atoms with Gasteiger partial charge in [0.05, 0.1) is 10.7 Å². The lowest BCUT2D eigenvalue weighted by molar-refractivity contribution is 1.41. The molecule has 0 heterocycles.